The third kappa shape index (κ3) is 5.65. The predicted octanol–water partition coefficient (Wildman–Crippen LogP) is 1.76. The minimum Gasteiger partial charge on any atom is -0.491 e. The SMILES string of the molecule is CCN1CCCN(CC(O)COc2cccc(C)c2)CC1. The van der Waals surface area contributed by atoms with Gasteiger partial charge in [0, 0.05) is 19.6 Å². The number of aryl methyl sites for hydroxylation is 1. The van der Waals surface area contributed by atoms with Crippen molar-refractivity contribution in [3.05, 3.63) is 29.8 Å². The third-order valence-electron chi connectivity index (χ3n) is 4.03. The van der Waals surface area contributed by atoms with Crippen molar-refractivity contribution in [2.45, 2.75) is 26.4 Å². The van der Waals surface area contributed by atoms with E-state index in [1.165, 1.54) is 18.5 Å². The fourth-order valence-electron chi connectivity index (χ4n) is 2.77. The normalized spacial score (nSPS) is 19.2. The van der Waals surface area contributed by atoms with Gasteiger partial charge < -0.3 is 14.7 Å². The summed E-state index contributed by atoms with van der Waals surface area (Å²) in [5, 5.41) is 10.2. The number of hydrogen-bond acceptors (Lipinski definition) is 4. The highest BCUT2D eigenvalue weighted by atomic mass is 16.5. The van der Waals surface area contributed by atoms with E-state index in [0.717, 1.165) is 31.9 Å². The van der Waals surface area contributed by atoms with Crippen LogP contribution in [0.1, 0.15) is 18.9 Å². The van der Waals surface area contributed by atoms with Crippen molar-refractivity contribution in [1.29, 1.82) is 0 Å². The van der Waals surface area contributed by atoms with E-state index in [2.05, 4.69) is 16.7 Å². The Morgan fingerprint density at radius 3 is 2.71 bits per heavy atom. The molecule has 4 heteroatoms. The van der Waals surface area contributed by atoms with E-state index >= 15 is 0 Å². The number of hydrogen-bond donors (Lipinski definition) is 1. The quantitative estimate of drug-likeness (QED) is 0.867. The van der Waals surface area contributed by atoms with E-state index < -0.39 is 6.10 Å². The molecule has 0 aliphatic carbocycles. The first-order valence-electron chi connectivity index (χ1n) is 7.99. The molecule has 1 N–H and O–H groups in total. The molecule has 1 aliphatic heterocycles. The van der Waals surface area contributed by atoms with Crippen LogP contribution in [0.3, 0.4) is 0 Å². The van der Waals surface area contributed by atoms with E-state index in [9.17, 15) is 5.11 Å². The molecule has 1 saturated heterocycles. The molecule has 1 aromatic rings. The molecule has 1 atom stereocenters. The van der Waals surface area contributed by atoms with Gasteiger partial charge in [0.2, 0.25) is 0 Å². The standard InChI is InChI=1S/C17H28N2O2/c1-3-18-8-5-9-19(11-10-18)13-16(20)14-21-17-7-4-6-15(2)12-17/h4,6-7,12,16,20H,3,5,8-11,13-14H2,1-2H3. The maximum absolute atomic E-state index is 10.2. The molecule has 1 fully saturated rings. The number of ether oxygens (including phenoxy) is 1. The van der Waals surface area contributed by atoms with Crippen LogP contribution in [-0.2, 0) is 0 Å². The molecule has 1 aromatic carbocycles. The molecule has 1 heterocycles. The lowest BCUT2D eigenvalue weighted by Gasteiger charge is -2.23. The molecule has 4 nitrogen and oxygen atoms in total. The van der Waals surface area contributed by atoms with Crippen LogP contribution in [-0.4, -0.2) is 66.9 Å². The summed E-state index contributed by atoms with van der Waals surface area (Å²) in [7, 11) is 0. The fraction of sp³-hybridized carbons (Fsp3) is 0.647. The van der Waals surface area contributed by atoms with E-state index in [4.69, 9.17) is 4.74 Å². The summed E-state index contributed by atoms with van der Waals surface area (Å²) in [6.45, 7) is 10.8. The van der Waals surface area contributed by atoms with Crippen LogP contribution in [0, 0.1) is 6.92 Å². The Kier molecular flexibility index (Phi) is 6.49. The van der Waals surface area contributed by atoms with E-state index in [-0.39, 0.29) is 0 Å². The van der Waals surface area contributed by atoms with Gasteiger partial charge in [-0.2, -0.15) is 0 Å². The van der Waals surface area contributed by atoms with Crippen LogP contribution < -0.4 is 4.74 Å². The molecular formula is C17H28N2O2. The van der Waals surface area contributed by atoms with Crippen molar-refractivity contribution in [1.82, 2.24) is 9.80 Å². The van der Waals surface area contributed by atoms with Gasteiger partial charge in [-0.25, -0.2) is 0 Å². The van der Waals surface area contributed by atoms with Crippen LogP contribution >= 0.6 is 0 Å². The third-order valence-corrected chi connectivity index (χ3v) is 4.03. The molecule has 1 unspecified atom stereocenters. The summed E-state index contributed by atoms with van der Waals surface area (Å²) in [6, 6.07) is 7.95. The van der Waals surface area contributed by atoms with Crippen molar-refractivity contribution in [3.8, 4) is 5.75 Å². The van der Waals surface area contributed by atoms with Gasteiger partial charge in [0.25, 0.3) is 0 Å². The molecule has 118 valence electrons. The minimum absolute atomic E-state index is 0.359. The largest absolute Gasteiger partial charge is 0.491 e. The lowest BCUT2D eigenvalue weighted by atomic mass is 10.2. The van der Waals surface area contributed by atoms with Gasteiger partial charge >= 0.3 is 0 Å². The molecule has 2 rings (SSSR count). The monoisotopic (exact) mass is 292 g/mol. The molecule has 0 radical (unpaired) electrons. The number of rotatable bonds is 6. The molecule has 0 spiro atoms. The van der Waals surface area contributed by atoms with Crippen LogP contribution in [0.25, 0.3) is 0 Å². The topological polar surface area (TPSA) is 35.9 Å². The maximum Gasteiger partial charge on any atom is 0.119 e. The predicted molar refractivity (Wildman–Crippen MR) is 85.9 cm³/mol. The van der Waals surface area contributed by atoms with Crippen LogP contribution in [0.5, 0.6) is 5.75 Å². The first-order chi connectivity index (χ1) is 10.2. The molecule has 0 bridgehead atoms. The minimum atomic E-state index is -0.432. The summed E-state index contributed by atoms with van der Waals surface area (Å²) >= 11 is 0. The van der Waals surface area contributed by atoms with Crippen molar-refractivity contribution in [2.75, 3.05) is 45.9 Å². The van der Waals surface area contributed by atoms with Gasteiger partial charge in [0.05, 0.1) is 0 Å². The first kappa shape index (κ1) is 16.3. The second kappa shape index (κ2) is 8.37. The van der Waals surface area contributed by atoms with Crippen molar-refractivity contribution in [2.24, 2.45) is 0 Å². The molecule has 1 aliphatic rings. The Bertz CT molecular complexity index is 425. The highest BCUT2D eigenvalue weighted by Gasteiger charge is 2.16. The summed E-state index contributed by atoms with van der Waals surface area (Å²) in [6.07, 6.45) is 0.748. The van der Waals surface area contributed by atoms with Gasteiger partial charge in [-0.15, -0.1) is 0 Å². The molecular weight excluding hydrogens is 264 g/mol. The summed E-state index contributed by atoms with van der Waals surface area (Å²) in [5.41, 5.74) is 1.18. The highest BCUT2D eigenvalue weighted by molar-refractivity contribution is 5.27. The summed E-state index contributed by atoms with van der Waals surface area (Å²) in [5.74, 6) is 0.835. The Morgan fingerprint density at radius 2 is 1.95 bits per heavy atom. The smallest absolute Gasteiger partial charge is 0.119 e. The Balaban J connectivity index is 1.72. The number of aliphatic hydroxyl groups is 1. The van der Waals surface area contributed by atoms with Gasteiger partial charge in [-0.05, 0) is 50.7 Å². The van der Waals surface area contributed by atoms with Crippen LogP contribution in [0.4, 0.5) is 0 Å². The van der Waals surface area contributed by atoms with E-state index in [1.54, 1.807) is 0 Å². The van der Waals surface area contributed by atoms with Gasteiger partial charge in [0.1, 0.15) is 18.5 Å². The first-order valence-corrected chi connectivity index (χ1v) is 7.99. The Labute approximate surface area is 128 Å². The van der Waals surface area contributed by atoms with Gasteiger partial charge in [-0.3, -0.25) is 4.90 Å². The number of β-amino-alcohol motifs (C(OH)–C–C–N with tert-alkyl or cyclic N) is 1. The van der Waals surface area contributed by atoms with E-state index in [0.29, 0.717) is 13.2 Å². The average Bonchev–Trinajstić information content (AvgIpc) is 2.70. The summed E-state index contributed by atoms with van der Waals surface area (Å²) in [4.78, 5) is 4.82. The molecule has 21 heavy (non-hydrogen) atoms. The lowest BCUT2D eigenvalue weighted by molar-refractivity contribution is 0.0694. The molecule has 0 aromatic heterocycles. The van der Waals surface area contributed by atoms with Crippen molar-refractivity contribution in [3.63, 3.8) is 0 Å². The van der Waals surface area contributed by atoms with Crippen molar-refractivity contribution >= 4 is 0 Å². The zero-order valence-electron chi connectivity index (χ0n) is 13.3. The number of likely N-dealkylation sites (N-methyl/N-ethyl adjacent to an activating group) is 1. The fourth-order valence-corrected chi connectivity index (χ4v) is 2.77. The number of aliphatic hydroxyl groups excluding tert-OH is 1. The van der Waals surface area contributed by atoms with Gasteiger partial charge in [-0.1, -0.05) is 19.1 Å². The Hall–Kier alpha value is -1.10. The average molecular weight is 292 g/mol. The number of benzene rings is 1. The second-order valence-electron chi connectivity index (χ2n) is 5.87. The zero-order chi connectivity index (χ0) is 15.1. The lowest BCUT2D eigenvalue weighted by Crippen LogP contribution is -2.38. The summed E-state index contributed by atoms with van der Waals surface area (Å²) < 4.78 is 5.68. The highest BCUT2D eigenvalue weighted by Crippen LogP contribution is 2.13. The van der Waals surface area contributed by atoms with E-state index in [1.807, 2.05) is 31.2 Å². The van der Waals surface area contributed by atoms with Crippen LogP contribution in [0.15, 0.2) is 24.3 Å². The van der Waals surface area contributed by atoms with Crippen molar-refractivity contribution < 1.29 is 9.84 Å². The number of nitrogens with zero attached hydrogens (tertiary/aromatic N) is 2. The Morgan fingerprint density at radius 1 is 1.19 bits per heavy atom. The second-order valence-corrected chi connectivity index (χ2v) is 5.87. The van der Waals surface area contributed by atoms with Crippen LogP contribution in [0.2, 0.25) is 0 Å². The molecule has 0 saturated carbocycles. The molecule has 0 amide bonds. The zero-order valence-corrected chi connectivity index (χ0v) is 13.3. The van der Waals surface area contributed by atoms with Gasteiger partial charge in [0.15, 0.2) is 0 Å². The maximum atomic E-state index is 10.2.